The fourth-order valence-electron chi connectivity index (χ4n) is 4.67. The number of aliphatic hydroxyl groups excluding tert-OH is 1. The van der Waals surface area contributed by atoms with Gasteiger partial charge in [0.1, 0.15) is 5.75 Å². The molecule has 2 aliphatic heterocycles. The van der Waals surface area contributed by atoms with Crippen LogP contribution in [0.1, 0.15) is 28.8 Å². The van der Waals surface area contributed by atoms with E-state index in [2.05, 4.69) is 5.32 Å². The van der Waals surface area contributed by atoms with E-state index in [-0.39, 0.29) is 51.4 Å². The quantitative estimate of drug-likeness (QED) is 0.521. The van der Waals surface area contributed by atoms with Gasteiger partial charge in [0, 0.05) is 31.8 Å². The van der Waals surface area contributed by atoms with Crippen molar-refractivity contribution in [2.75, 3.05) is 46.4 Å². The van der Waals surface area contributed by atoms with Gasteiger partial charge in [0.05, 0.1) is 39.0 Å². The molecule has 38 heavy (non-hydrogen) atoms. The lowest BCUT2D eigenvalue weighted by molar-refractivity contribution is -0.136. The highest BCUT2D eigenvalue weighted by Gasteiger charge is 2.33. The molecule has 2 heterocycles. The van der Waals surface area contributed by atoms with Crippen LogP contribution < -0.4 is 20.5 Å². The third kappa shape index (κ3) is 6.60. The Kier molecular flexibility index (Phi) is 9.16. The summed E-state index contributed by atoms with van der Waals surface area (Å²) in [5.74, 6) is 0.364. The van der Waals surface area contributed by atoms with Crippen LogP contribution in [0, 0.1) is 0 Å². The van der Waals surface area contributed by atoms with E-state index in [1.165, 1.54) is 12.0 Å². The number of ether oxygens (including phenoxy) is 3. The molecule has 0 unspecified atom stereocenters. The van der Waals surface area contributed by atoms with E-state index in [0.29, 0.717) is 42.2 Å². The number of carbonyl (C=O) groups is 3. The second kappa shape index (κ2) is 12.7. The number of likely N-dealkylation sites (tertiary alicyclic amines) is 1. The zero-order valence-corrected chi connectivity index (χ0v) is 21.4. The second-order valence-corrected chi connectivity index (χ2v) is 9.27. The van der Waals surface area contributed by atoms with Gasteiger partial charge in [-0.1, -0.05) is 12.1 Å². The van der Waals surface area contributed by atoms with E-state index in [9.17, 15) is 19.5 Å². The smallest absolute Gasteiger partial charge is 0.254 e. The molecule has 4 N–H and O–H groups in total. The predicted octanol–water partition coefficient (Wildman–Crippen LogP) is 0.887. The summed E-state index contributed by atoms with van der Waals surface area (Å²) in [6.07, 6.45) is 0.466. The number of piperidine rings is 1. The Hall–Kier alpha value is -3.67. The van der Waals surface area contributed by atoms with Crippen molar-refractivity contribution in [1.29, 1.82) is 0 Å². The largest absolute Gasteiger partial charge is 0.493 e. The third-order valence-corrected chi connectivity index (χ3v) is 6.63. The highest BCUT2D eigenvalue weighted by molar-refractivity contribution is 5.97. The number of methoxy groups -OCH3 is 1. The first-order chi connectivity index (χ1) is 18.4. The van der Waals surface area contributed by atoms with Gasteiger partial charge in [-0.3, -0.25) is 14.4 Å². The molecule has 0 aliphatic carbocycles. The SMILES string of the molecule is COc1ccc2cc1Oc1cccc(c1)CO[C@H]1CCN(C(=O)CN)C[C@@H]1NC(=O)CN(CCCO)C2=O. The van der Waals surface area contributed by atoms with Crippen LogP contribution in [0.2, 0.25) is 0 Å². The molecule has 2 atom stereocenters. The van der Waals surface area contributed by atoms with Crippen molar-refractivity contribution in [2.24, 2.45) is 5.73 Å². The summed E-state index contributed by atoms with van der Waals surface area (Å²) in [6, 6.07) is 11.7. The number of nitrogens with one attached hydrogen (secondary N) is 1. The predicted molar refractivity (Wildman–Crippen MR) is 138 cm³/mol. The molecule has 204 valence electrons. The monoisotopic (exact) mass is 526 g/mol. The van der Waals surface area contributed by atoms with Crippen molar-refractivity contribution in [2.45, 2.75) is 31.6 Å². The lowest BCUT2D eigenvalue weighted by atomic mass is 10.0. The summed E-state index contributed by atoms with van der Waals surface area (Å²) >= 11 is 0. The van der Waals surface area contributed by atoms with Crippen LogP contribution in [0.25, 0.3) is 0 Å². The van der Waals surface area contributed by atoms with E-state index >= 15 is 0 Å². The lowest BCUT2D eigenvalue weighted by Crippen LogP contribution is -2.59. The number of nitrogens with two attached hydrogens (primary N) is 1. The average molecular weight is 527 g/mol. The van der Waals surface area contributed by atoms with Gasteiger partial charge >= 0.3 is 0 Å². The number of benzene rings is 2. The molecule has 4 bridgehead atoms. The number of rotatable bonds is 5. The number of hydrogen-bond acceptors (Lipinski definition) is 8. The Bertz CT molecular complexity index is 1160. The summed E-state index contributed by atoms with van der Waals surface area (Å²) in [4.78, 5) is 41.9. The molecule has 2 aromatic carbocycles. The molecule has 11 nitrogen and oxygen atoms in total. The van der Waals surface area contributed by atoms with Gasteiger partial charge in [-0.05, 0) is 48.7 Å². The third-order valence-electron chi connectivity index (χ3n) is 6.63. The number of amides is 3. The first-order valence-corrected chi connectivity index (χ1v) is 12.7. The van der Waals surface area contributed by atoms with Gasteiger partial charge in [-0.2, -0.15) is 0 Å². The molecular formula is C27H34N4O7. The van der Waals surface area contributed by atoms with Crippen LogP contribution in [-0.4, -0.2) is 91.2 Å². The topological polar surface area (TPSA) is 144 Å². The maximum Gasteiger partial charge on any atom is 0.254 e. The molecule has 3 amide bonds. The summed E-state index contributed by atoms with van der Waals surface area (Å²) in [7, 11) is 1.51. The average Bonchev–Trinajstić information content (AvgIpc) is 2.93. The lowest BCUT2D eigenvalue weighted by Gasteiger charge is -2.39. The van der Waals surface area contributed by atoms with Gasteiger partial charge in [-0.15, -0.1) is 0 Å². The zero-order valence-electron chi connectivity index (χ0n) is 21.4. The van der Waals surface area contributed by atoms with Crippen LogP contribution in [0.4, 0.5) is 0 Å². The van der Waals surface area contributed by atoms with Gasteiger partial charge in [0.2, 0.25) is 11.8 Å². The molecule has 1 fully saturated rings. The first-order valence-electron chi connectivity index (χ1n) is 12.7. The van der Waals surface area contributed by atoms with Crippen molar-refractivity contribution >= 4 is 17.7 Å². The van der Waals surface area contributed by atoms with Crippen LogP contribution in [0.3, 0.4) is 0 Å². The number of hydrogen-bond donors (Lipinski definition) is 3. The summed E-state index contributed by atoms with van der Waals surface area (Å²) in [6.45, 7) is 0.689. The fourth-order valence-corrected chi connectivity index (χ4v) is 4.67. The standard InChI is InChI=1S/C27H34N4O7/c1-36-23-7-6-19-13-24(23)38-20-5-2-4-18(12-20)17-37-22-8-10-30(26(34)14-28)15-21(22)29-25(33)16-31(27(19)35)9-3-11-32/h2,4-7,12-13,21-22,32H,3,8-11,14-17,28H2,1H3,(H,29,33)/t21-,22-/m0/s1. The molecule has 0 radical (unpaired) electrons. The Morgan fingerprint density at radius 2 is 2.08 bits per heavy atom. The van der Waals surface area contributed by atoms with Crippen LogP contribution in [-0.2, 0) is 20.9 Å². The van der Waals surface area contributed by atoms with Crippen molar-refractivity contribution in [3.63, 3.8) is 0 Å². The minimum absolute atomic E-state index is 0.119. The number of nitrogens with zero attached hydrogens (tertiary/aromatic N) is 2. The van der Waals surface area contributed by atoms with Crippen LogP contribution in [0.5, 0.6) is 17.2 Å². The van der Waals surface area contributed by atoms with Gasteiger partial charge < -0.3 is 40.2 Å². The van der Waals surface area contributed by atoms with Crippen molar-refractivity contribution in [1.82, 2.24) is 15.1 Å². The van der Waals surface area contributed by atoms with Gasteiger partial charge in [-0.25, -0.2) is 0 Å². The van der Waals surface area contributed by atoms with E-state index in [1.807, 2.05) is 18.2 Å². The summed E-state index contributed by atoms with van der Waals surface area (Å²) < 4.78 is 17.8. The first kappa shape index (κ1) is 27.4. The second-order valence-electron chi connectivity index (χ2n) is 9.27. The van der Waals surface area contributed by atoms with E-state index in [4.69, 9.17) is 19.9 Å². The van der Waals surface area contributed by atoms with E-state index < -0.39 is 17.9 Å². The number of carbonyl (C=O) groups excluding carboxylic acids is 3. The Balaban J connectivity index is 1.69. The summed E-state index contributed by atoms with van der Waals surface area (Å²) in [5, 5.41) is 12.3. The van der Waals surface area contributed by atoms with Crippen molar-refractivity contribution in [3.05, 3.63) is 53.6 Å². The summed E-state index contributed by atoms with van der Waals surface area (Å²) in [5.41, 5.74) is 6.74. The maximum absolute atomic E-state index is 13.5. The molecule has 0 aromatic heterocycles. The molecule has 1 saturated heterocycles. The highest BCUT2D eigenvalue weighted by Crippen LogP contribution is 2.33. The minimum atomic E-state index is -0.485. The molecule has 11 heteroatoms. The van der Waals surface area contributed by atoms with Crippen LogP contribution >= 0.6 is 0 Å². The maximum atomic E-state index is 13.5. The molecule has 0 spiro atoms. The number of fused-ring (bicyclic) bond motifs is 5. The Morgan fingerprint density at radius 3 is 2.84 bits per heavy atom. The molecule has 2 aliphatic rings. The molecular weight excluding hydrogens is 492 g/mol. The normalized spacial score (nSPS) is 20.3. The molecule has 4 rings (SSSR count). The minimum Gasteiger partial charge on any atom is -0.493 e. The fraction of sp³-hybridized carbons (Fsp3) is 0.444. The van der Waals surface area contributed by atoms with Crippen molar-refractivity contribution in [3.8, 4) is 17.2 Å². The highest BCUT2D eigenvalue weighted by atomic mass is 16.5. The Labute approximate surface area is 221 Å². The molecule has 0 saturated carbocycles. The number of aliphatic hydroxyl groups is 1. The van der Waals surface area contributed by atoms with E-state index in [0.717, 1.165) is 5.56 Å². The molecule has 2 aromatic rings. The van der Waals surface area contributed by atoms with Crippen molar-refractivity contribution < 1.29 is 33.7 Å². The van der Waals surface area contributed by atoms with E-state index in [1.54, 1.807) is 29.2 Å². The Morgan fingerprint density at radius 1 is 1.24 bits per heavy atom. The van der Waals surface area contributed by atoms with Gasteiger partial charge in [0.15, 0.2) is 11.5 Å². The van der Waals surface area contributed by atoms with Crippen LogP contribution in [0.15, 0.2) is 42.5 Å². The zero-order chi connectivity index (χ0) is 27.1. The van der Waals surface area contributed by atoms with Gasteiger partial charge in [0.25, 0.3) is 5.91 Å².